The van der Waals surface area contributed by atoms with Crippen molar-refractivity contribution < 1.29 is 44.1 Å². The van der Waals surface area contributed by atoms with Crippen molar-refractivity contribution >= 4 is 50.1 Å². The van der Waals surface area contributed by atoms with Crippen LogP contribution in [0.5, 0.6) is 0 Å². The molecule has 0 aliphatic heterocycles. The van der Waals surface area contributed by atoms with Gasteiger partial charge in [-0.1, -0.05) is 180 Å². The molecule has 64 heavy (non-hydrogen) atoms. The van der Waals surface area contributed by atoms with E-state index in [2.05, 4.69) is 55.9 Å². The van der Waals surface area contributed by atoms with Gasteiger partial charge in [0.1, 0.15) is 5.82 Å². The van der Waals surface area contributed by atoms with Gasteiger partial charge in [0.15, 0.2) is 0 Å². The molecule has 0 unspecified atom stereocenters. The minimum Gasteiger partial charge on any atom is -0.329 e. The van der Waals surface area contributed by atoms with Crippen LogP contribution in [0, 0.1) is 23.9 Å². The molecule has 0 aliphatic carbocycles. The maximum atomic E-state index is 14.9. The van der Waals surface area contributed by atoms with Crippen LogP contribution in [0.25, 0.3) is 72.3 Å². The number of carbonyl (C=O) groups is 1. The third-order valence-corrected chi connectivity index (χ3v) is 11.1. The number of aromatic nitrogens is 4. The maximum absolute atomic E-state index is 14.9. The van der Waals surface area contributed by atoms with E-state index in [1.165, 1.54) is 0 Å². The van der Waals surface area contributed by atoms with Crippen molar-refractivity contribution in [3.8, 4) is 39.4 Å². The van der Waals surface area contributed by atoms with Gasteiger partial charge in [-0.25, -0.2) is 4.98 Å². The standard InChI is InChI=1S/C57H47N5O.Pt/c1-56(2,3)41-33-34-58-53(35-41)62-49-28-14-13-25-47(49)48-32-31-44(37-52(48)62)61(55(63)57(4,5)6)43-24-17-23-42(36-43)59-38-60(51-30-16-15-29-50(51)59)54-45(39-19-9-7-10-20-39)26-18-27-46(54)40-21-11-8-12-22-40;/h7-35H,1-6H3;/q-2;/i7D,8D,9D,10D,11D,12D,19D,20D,21D,22D;. The Balaban J connectivity index is 0.00000672. The Kier molecular flexibility index (Phi) is 8.31. The Morgan fingerprint density at radius 2 is 1.30 bits per heavy atom. The Morgan fingerprint density at radius 1 is 0.672 bits per heavy atom. The topological polar surface area (TPSA) is 46.9 Å². The Hall–Kier alpha value is -6.88. The molecule has 1 amide bonds. The number of carbonyl (C=O) groups excluding carboxylic acids is 1. The monoisotopic (exact) mass is 1020 g/mol. The SMILES string of the molecule is [2H]c1c([2H])c([2H])c(-c2cccc(-c3c([2H])c([2H])c([2H])c([2H])c3[2H])c2-[n+]2[c-]n(-c3[c-]c(N(C(=O)C(C)(C)C)c4[c-]c5c(cc4)c4ccccc4n5-c4cc(C(C)(C)C)ccn4)ccc3)c3ccccc32)c([2H])c1[2H].[Pt]. The molecular weight excluding hydrogens is 966 g/mol. The summed E-state index contributed by atoms with van der Waals surface area (Å²) in [5.74, 6) is 0.472. The van der Waals surface area contributed by atoms with Crippen LogP contribution in [0.15, 0.2) is 176 Å². The van der Waals surface area contributed by atoms with E-state index < -0.39 is 65.8 Å². The van der Waals surface area contributed by atoms with E-state index in [4.69, 9.17) is 18.7 Å². The van der Waals surface area contributed by atoms with Crippen LogP contribution < -0.4 is 9.47 Å². The first-order valence-corrected chi connectivity index (χ1v) is 20.6. The molecule has 0 bridgehead atoms. The summed E-state index contributed by atoms with van der Waals surface area (Å²) in [6, 6.07) is 35.1. The van der Waals surface area contributed by atoms with Gasteiger partial charge in [-0.15, -0.1) is 23.6 Å². The van der Waals surface area contributed by atoms with Crippen molar-refractivity contribution in [2.75, 3.05) is 4.90 Å². The van der Waals surface area contributed by atoms with Crippen molar-refractivity contribution in [2.45, 2.75) is 47.0 Å². The van der Waals surface area contributed by atoms with Gasteiger partial charge in [0, 0.05) is 38.2 Å². The number of imidazole rings is 1. The number of amides is 1. The smallest absolute Gasteiger partial charge is 0.268 e. The van der Waals surface area contributed by atoms with Gasteiger partial charge >= 0.3 is 0 Å². The second kappa shape index (κ2) is 16.7. The number of nitrogens with zero attached hydrogens (tertiary/aromatic N) is 5. The summed E-state index contributed by atoms with van der Waals surface area (Å²) in [6.45, 7) is 12.0. The zero-order chi connectivity index (χ0) is 52.2. The summed E-state index contributed by atoms with van der Waals surface area (Å²) in [5.41, 5.74) is 4.11. The third-order valence-electron chi connectivity index (χ3n) is 11.1. The van der Waals surface area contributed by atoms with E-state index >= 15 is 0 Å². The molecule has 6 nitrogen and oxygen atoms in total. The minimum absolute atomic E-state index is 0. The number of hydrogen-bond acceptors (Lipinski definition) is 2. The Bertz CT molecular complexity index is 3800. The normalized spacial score (nSPS) is 14.0. The van der Waals surface area contributed by atoms with E-state index in [9.17, 15) is 4.79 Å². The summed E-state index contributed by atoms with van der Waals surface area (Å²) in [5, 5.41) is 1.92. The largest absolute Gasteiger partial charge is 0.329 e. The van der Waals surface area contributed by atoms with Crippen LogP contribution in [0.2, 0.25) is 0 Å². The predicted octanol–water partition coefficient (Wildman–Crippen LogP) is 13.1. The van der Waals surface area contributed by atoms with Gasteiger partial charge in [-0.3, -0.25) is 9.36 Å². The summed E-state index contributed by atoms with van der Waals surface area (Å²) in [7, 11) is 0. The number of hydrogen-bond donors (Lipinski definition) is 0. The molecule has 0 saturated heterocycles. The Labute approximate surface area is 403 Å². The van der Waals surface area contributed by atoms with Gasteiger partial charge in [0.2, 0.25) is 5.91 Å². The molecule has 0 spiro atoms. The first kappa shape index (κ1) is 31.9. The number of fused-ring (bicyclic) bond motifs is 4. The zero-order valence-corrected chi connectivity index (χ0v) is 38.2. The molecule has 10 aromatic rings. The van der Waals surface area contributed by atoms with Crippen LogP contribution in [0.3, 0.4) is 0 Å². The average Bonchev–Trinajstić information content (AvgIpc) is 3.92. The van der Waals surface area contributed by atoms with Crippen LogP contribution in [0.1, 0.15) is 60.8 Å². The fraction of sp³-hybridized carbons (Fsp3) is 0.140. The molecule has 3 heterocycles. The number of para-hydroxylation sites is 4. The van der Waals surface area contributed by atoms with E-state index in [1.807, 2.05) is 75.5 Å². The predicted molar refractivity (Wildman–Crippen MR) is 256 cm³/mol. The number of benzene rings is 7. The molecule has 0 fully saturated rings. The Morgan fingerprint density at radius 3 is 1.97 bits per heavy atom. The molecule has 0 atom stereocenters. The van der Waals surface area contributed by atoms with Gasteiger partial charge in [-0.05, 0) is 62.5 Å². The molecule has 318 valence electrons. The third kappa shape index (κ3) is 7.56. The quantitative estimate of drug-likeness (QED) is 0.118. The van der Waals surface area contributed by atoms with Crippen LogP contribution in [-0.4, -0.2) is 20.0 Å². The number of rotatable bonds is 7. The fourth-order valence-electron chi connectivity index (χ4n) is 8.01. The average molecular weight is 1020 g/mol. The zero-order valence-electron chi connectivity index (χ0n) is 45.9. The summed E-state index contributed by atoms with van der Waals surface area (Å²) >= 11 is 0. The molecule has 7 heteroatoms. The van der Waals surface area contributed by atoms with Crippen molar-refractivity contribution in [3.63, 3.8) is 0 Å². The molecule has 0 saturated carbocycles. The first-order valence-electron chi connectivity index (χ1n) is 25.6. The van der Waals surface area contributed by atoms with E-state index in [0.29, 0.717) is 33.9 Å². The molecular formula is C57H47N5OPt-2. The number of anilines is 2. The van der Waals surface area contributed by atoms with Crippen LogP contribution >= 0.6 is 0 Å². The number of pyridine rings is 1. The van der Waals surface area contributed by atoms with Gasteiger partial charge < -0.3 is 14.0 Å². The van der Waals surface area contributed by atoms with Crippen LogP contribution in [0.4, 0.5) is 11.4 Å². The van der Waals surface area contributed by atoms with Gasteiger partial charge in [0.05, 0.1) is 30.4 Å². The minimum atomic E-state index is -0.885. The second-order valence-corrected chi connectivity index (χ2v) is 17.4. The van der Waals surface area contributed by atoms with Crippen molar-refractivity contribution in [3.05, 3.63) is 200 Å². The van der Waals surface area contributed by atoms with Gasteiger partial charge in [0.25, 0.3) is 6.33 Å². The molecule has 3 aromatic heterocycles. The molecule has 7 aromatic carbocycles. The second-order valence-electron chi connectivity index (χ2n) is 17.4. The molecule has 10 rings (SSSR count). The van der Waals surface area contributed by atoms with Gasteiger partial charge in [-0.2, -0.15) is 24.3 Å². The van der Waals surface area contributed by atoms with Crippen molar-refractivity contribution in [1.82, 2.24) is 14.1 Å². The van der Waals surface area contributed by atoms with E-state index in [-0.39, 0.29) is 60.3 Å². The molecule has 0 radical (unpaired) electrons. The fourth-order valence-corrected chi connectivity index (χ4v) is 8.01. The van der Waals surface area contributed by atoms with Crippen molar-refractivity contribution in [1.29, 1.82) is 0 Å². The summed E-state index contributed by atoms with van der Waals surface area (Å²) in [6.07, 6.45) is 5.23. The van der Waals surface area contributed by atoms with Crippen molar-refractivity contribution in [2.24, 2.45) is 5.41 Å². The van der Waals surface area contributed by atoms with Crippen LogP contribution in [-0.2, 0) is 31.3 Å². The van der Waals surface area contributed by atoms with E-state index in [1.54, 1.807) is 62.6 Å². The molecule has 0 N–H and O–H groups in total. The molecule has 0 aliphatic rings. The first-order chi connectivity index (χ1) is 34.6. The summed E-state index contributed by atoms with van der Waals surface area (Å²) in [4.78, 5) is 21.4. The summed E-state index contributed by atoms with van der Waals surface area (Å²) < 4.78 is 92.8. The van der Waals surface area contributed by atoms with E-state index in [0.717, 1.165) is 27.4 Å². The maximum Gasteiger partial charge on any atom is 0.268 e.